The van der Waals surface area contributed by atoms with E-state index < -0.39 is 0 Å². The minimum atomic E-state index is -0.128. The number of benzene rings is 1. The number of amides is 2. The van der Waals surface area contributed by atoms with E-state index in [-0.39, 0.29) is 17.2 Å². The van der Waals surface area contributed by atoms with Gasteiger partial charge in [0.2, 0.25) is 11.8 Å². The standard InChI is InChI=1S/C25H34N4O2/c1-17-28-21-5-2-3-6-22(21)29(17)10-4-8-26-23(30)7-9-27-24(31)25-14-18-11-19(15-25)13-20(12-18)16-25/h2-3,5-6,18-20H,4,7-16H2,1H3,(H,26,30)(H,27,31). The van der Waals surface area contributed by atoms with Gasteiger partial charge in [-0.2, -0.15) is 0 Å². The Morgan fingerprint density at radius 3 is 2.42 bits per heavy atom. The summed E-state index contributed by atoms with van der Waals surface area (Å²) >= 11 is 0. The molecule has 0 saturated heterocycles. The second kappa shape index (κ2) is 8.29. The number of aryl methyl sites for hydroxylation is 2. The summed E-state index contributed by atoms with van der Waals surface area (Å²) in [5.41, 5.74) is 2.02. The summed E-state index contributed by atoms with van der Waals surface area (Å²) in [6, 6.07) is 8.14. The molecule has 0 atom stereocenters. The van der Waals surface area contributed by atoms with Gasteiger partial charge in [0.1, 0.15) is 5.82 Å². The average Bonchev–Trinajstić information content (AvgIpc) is 3.05. The average molecular weight is 423 g/mol. The van der Waals surface area contributed by atoms with Crippen LogP contribution in [-0.2, 0) is 16.1 Å². The van der Waals surface area contributed by atoms with Crippen LogP contribution in [0, 0.1) is 30.1 Å². The van der Waals surface area contributed by atoms with E-state index in [2.05, 4.69) is 26.3 Å². The summed E-state index contributed by atoms with van der Waals surface area (Å²) in [5.74, 6) is 3.50. The van der Waals surface area contributed by atoms with Crippen molar-refractivity contribution < 1.29 is 9.59 Å². The van der Waals surface area contributed by atoms with Crippen LogP contribution in [0.3, 0.4) is 0 Å². The molecule has 1 aromatic carbocycles. The fraction of sp³-hybridized carbons (Fsp3) is 0.640. The Bertz CT molecular complexity index is 944. The number of aromatic nitrogens is 2. The lowest BCUT2D eigenvalue weighted by Crippen LogP contribution is -2.53. The Kier molecular flexibility index (Phi) is 5.49. The number of fused-ring (bicyclic) bond motifs is 1. The SMILES string of the molecule is Cc1nc2ccccc2n1CCCNC(=O)CCNC(=O)C12CC3CC(CC(C3)C1)C2. The highest BCUT2D eigenvalue weighted by Gasteiger charge is 2.54. The van der Waals surface area contributed by atoms with Gasteiger partial charge in [-0.15, -0.1) is 0 Å². The second-order valence-electron chi connectivity index (χ2n) is 10.2. The van der Waals surface area contributed by atoms with E-state index in [1.54, 1.807) is 0 Å². The molecule has 2 amide bonds. The molecular weight excluding hydrogens is 388 g/mol. The summed E-state index contributed by atoms with van der Waals surface area (Å²) in [6.45, 7) is 3.92. The van der Waals surface area contributed by atoms with Crippen molar-refractivity contribution in [3.05, 3.63) is 30.1 Å². The molecule has 166 valence electrons. The molecule has 0 spiro atoms. The van der Waals surface area contributed by atoms with E-state index in [0.29, 0.717) is 19.5 Å². The Hall–Kier alpha value is -2.37. The highest BCUT2D eigenvalue weighted by Crippen LogP contribution is 2.60. The van der Waals surface area contributed by atoms with Gasteiger partial charge >= 0.3 is 0 Å². The highest BCUT2D eigenvalue weighted by atomic mass is 16.2. The first-order valence-corrected chi connectivity index (χ1v) is 12.0. The molecule has 0 aliphatic heterocycles. The topological polar surface area (TPSA) is 76.0 Å². The number of rotatable bonds is 8. The molecule has 4 saturated carbocycles. The number of nitrogens with one attached hydrogen (secondary N) is 2. The minimum Gasteiger partial charge on any atom is -0.356 e. The third-order valence-electron chi connectivity index (χ3n) is 7.88. The summed E-state index contributed by atoms with van der Waals surface area (Å²) < 4.78 is 2.20. The Morgan fingerprint density at radius 1 is 1.03 bits per heavy atom. The molecular formula is C25H34N4O2. The predicted octanol–water partition coefficient (Wildman–Crippen LogP) is 3.57. The zero-order valence-electron chi connectivity index (χ0n) is 18.5. The van der Waals surface area contributed by atoms with Crippen LogP contribution in [0.25, 0.3) is 11.0 Å². The third kappa shape index (κ3) is 4.09. The normalized spacial score (nSPS) is 28.7. The van der Waals surface area contributed by atoms with Gasteiger partial charge in [0, 0.05) is 31.5 Å². The van der Waals surface area contributed by atoms with Crippen molar-refractivity contribution in [3.63, 3.8) is 0 Å². The number of carbonyl (C=O) groups is 2. The van der Waals surface area contributed by atoms with Crippen LogP contribution in [0.2, 0.25) is 0 Å². The lowest BCUT2D eigenvalue weighted by atomic mass is 9.49. The number of carbonyl (C=O) groups excluding carboxylic acids is 2. The van der Waals surface area contributed by atoms with Crippen molar-refractivity contribution in [3.8, 4) is 0 Å². The second-order valence-corrected chi connectivity index (χ2v) is 10.2. The van der Waals surface area contributed by atoms with Gasteiger partial charge in [0.15, 0.2) is 0 Å². The van der Waals surface area contributed by atoms with E-state index in [0.717, 1.165) is 66.8 Å². The Balaban J connectivity index is 1.03. The number of para-hydroxylation sites is 2. The van der Waals surface area contributed by atoms with Gasteiger partial charge in [-0.05, 0) is 81.8 Å². The maximum absolute atomic E-state index is 13.0. The van der Waals surface area contributed by atoms with Crippen LogP contribution in [0.5, 0.6) is 0 Å². The predicted molar refractivity (Wildman–Crippen MR) is 120 cm³/mol. The van der Waals surface area contributed by atoms with E-state index in [1.165, 1.54) is 19.3 Å². The summed E-state index contributed by atoms with van der Waals surface area (Å²) in [6.07, 6.45) is 8.42. The molecule has 6 rings (SSSR count). The third-order valence-corrected chi connectivity index (χ3v) is 7.88. The summed E-state index contributed by atoms with van der Waals surface area (Å²) in [4.78, 5) is 29.8. The van der Waals surface area contributed by atoms with Gasteiger partial charge in [0.05, 0.1) is 11.0 Å². The zero-order chi connectivity index (χ0) is 21.4. The minimum absolute atomic E-state index is 0.0121. The van der Waals surface area contributed by atoms with Gasteiger partial charge in [-0.1, -0.05) is 12.1 Å². The zero-order valence-corrected chi connectivity index (χ0v) is 18.5. The molecule has 0 unspecified atom stereocenters. The lowest BCUT2D eigenvalue weighted by Gasteiger charge is -2.55. The fourth-order valence-corrected chi connectivity index (χ4v) is 6.90. The molecule has 2 aromatic rings. The van der Waals surface area contributed by atoms with Crippen LogP contribution in [-0.4, -0.2) is 34.5 Å². The van der Waals surface area contributed by atoms with Crippen LogP contribution in [0.15, 0.2) is 24.3 Å². The largest absolute Gasteiger partial charge is 0.356 e. The lowest BCUT2D eigenvalue weighted by molar-refractivity contribution is -0.146. The van der Waals surface area contributed by atoms with Crippen molar-refractivity contribution >= 4 is 22.8 Å². The van der Waals surface area contributed by atoms with Crippen molar-refractivity contribution in [1.29, 1.82) is 0 Å². The number of nitrogens with zero attached hydrogens (tertiary/aromatic N) is 2. The fourth-order valence-electron chi connectivity index (χ4n) is 6.90. The van der Waals surface area contributed by atoms with Gasteiger partial charge < -0.3 is 15.2 Å². The smallest absolute Gasteiger partial charge is 0.226 e. The van der Waals surface area contributed by atoms with Gasteiger partial charge in [0.25, 0.3) is 0 Å². The van der Waals surface area contributed by atoms with E-state index in [1.807, 2.05) is 25.1 Å². The summed E-state index contributed by atoms with van der Waals surface area (Å²) in [5, 5.41) is 6.10. The van der Waals surface area contributed by atoms with Crippen LogP contribution < -0.4 is 10.6 Å². The Labute approximate surface area is 184 Å². The molecule has 4 fully saturated rings. The summed E-state index contributed by atoms with van der Waals surface area (Å²) in [7, 11) is 0. The molecule has 1 aromatic heterocycles. The van der Waals surface area contributed by atoms with E-state index in [9.17, 15) is 9.59 Å². The number of imidazole rings is 1. The monoisotopic (exact) mass is 422 g/mol. The molecule has 2 N–H and O–H groups in total. The first-order valence-electron chi connectivity index (χ1n) is 12.0. The molecule has 31 heavy (non-hydrogen) atoms. The number of hydrogen-bond donors (Lipinski definition) is 2. The van der Waals surface area contributed by atoms with Crippen molar-refractivity contribution in [2.45, 2.75) is 64.8 Å². The molecule has 6 nitrogen and oxygen atoms in total. The maximum Gasteiger partial charge on any atom is 0.226 e. The van der Waals surface area contributed by atoms with E-state index >= 15 is 0 Å². The molecule has 4 aliphatic carbocycles. The van der Waals surface area contributed by atoms with Crippen LogP contribution in [0.1, 0.15) is 57.2 Å². The highest BCUT2D eigenvalue weighted by molar-refractivity contribution is 5.84. The van der Waals surface area contributed by atoms with Crippen LogP contribution >= 0.6 is 0 Å². The molecule has 4 bridgehead atoms. The quantitative estimate of drug-likeness (QED) is 0.639. The number of hydrogen-bond acceptors (Lipinski definition) is 3. The van der Waals surface area contributed by atoms with Gasteiger partial charge in [-0.25, -0.2) is 4.98 Å². The first-order chi connectivity index (χ1) is 15.0. The molecule has 0 radical (unpaired) electrons. The first kappa shape index (κ1) is 20.5. The maximum atomic E-state index is 13.0. The van der Waals surface area contributed by atoms with Crippen LogP contribution in [0.4, 0.5) is 0 Å². The van der Waals surface area contributed by atoms with Gasteiger partial charge in [-0.3, -0.25) is 9.59 Å². The molecule has 6 heteroatoms. The molecule has 4 aliphatic rings. The molecule has 1 heterocycles. The van der Waals surface area contributed by atoms with E-state index in [4.69, 9.17) is 0 Å². The van der Waals surface area contributed by atoms with Crippen molar-refractivity contribution in [1.82, 2.24) is 20.2 Å². The van der Waals surface area contributed by atoms with Crippen molar-refractivity contribution in [2.24, 2.45) is 23.2 Å². The Morgan fingerprint density at radius 2 is 1.71 bits per heavy atom. The van der Waals surface area contributed by atoms with Crippen molar-refractivity contribution in [2.75, 3.05) is 13.1 Å².